The average Bonchev–Trinajstić information content (AvgIpc) is 3.45. The molecule has 0 radical (unpaired) electrons. The molecule has 21 saturated heterocycles. The summed E-state index contributed by atoms with van der Waals surface area (Å²) >= 11 is 0. The lowest BCUT2D eigenvalue weighted by Gasteiger charge is -2.50. The van der Waals surface area contributed by atoms with E-state index in [-0.39, 0.29) is 0 Å². The molecule has 21 fully saturated rings. The first-order valence-electron chi connectivity index (χ1n) is 24.6. The summed E-state index contributed by atoms with van der Waals surface area (Å²) in [5.41, 5.74) is 0. The molecule has 35 atom stereocenters. The van der Waals surface area contributed by atoms with Crippen LogP contribution in [0, 0.1) is 0 Å². The van der Waals surface area contributed by atoms with E-state index in [2.05, 4.69) is 0 Å². The van der Waals surface area contributed by atoms with Gasteiger partial charge in [-0.15, -0.1) is 0 Å². The highest BCUT2D eigenvalue weighted by molar-refractivity contribution is 5.01. The Kier molecular flexibility index (Phi) is 20.8. The molecule has 0 saturated carbocycles. The van der Waals surface area contributed by atoms with E-state index in [0.717, 1.165) is 0 Å². The SMILES string of the molecule is OC[C@H]1O[C@@H]2O[C@@H]3[C@H](O)[C@@H](O)[C@@H](O[C@@H]4[C@H](O)[C@@H](O)[C@@H](O[C@@H]5[C@H](O)[C@@H](O)[C@@H](O[C@@H]6[C@H](O)[C@@H](O)[C@@H](O[C@@H]7[C@H](O)[C@@H](O)[C@@H](O[C@@H]8[C@H](O)[C@@H](O)[C@@H](O[C@@H]1[C@H](O)[C@H]2O)O[C@@H]8CO)O[C@@H]7CO)O[C@@H]6CO)O[C@@H]5CO)O[C@@H]4CO)O[C@@H]3CO. The van der Waals surface area contributed by atoms with Gasteiger partial charge in [-0.25, -0.2) is 0 Å². The standard InChI is InChI=1S/C42H70O35/c43-1-8-29-15(50)22(57)36(64-8)72-30-9(2-44)66-38(24(59)17(30)52)74-32-11(4-46)68-40(26(61)19(32)54)76-34-13(6-48)70-42(28(63)21(34)56)77-35-14(7-49)69-41(27(62)20(35)55)75-33-12(5-47)67-39(25(60)18(33)53)73-31-10(3-45)65-37(71-29)23(58)16(31)51/h8-63H,1-7H2/t8-,9-,10-,11-,12-,13-,14-,15-,16-,17-,18-,19-,20-,21-,22-,23-,24-,25-,26-,27-,28-,29+,30+,31+,32+,33+,34+,35+,36-,37-,38-,39-,40-,41-,42-/m1/s1. The fourth-order valence-electron chi connectivity index (χ4n) is 10.4. The Balaban J connectivity index is 1.08. The molecular weight excluding hydrogens is 1060 g/mol. The highest BCUT2D eigenvalue weighted by Gasteiger charge is 2.59. The van der Waals surface area contributed by atoms with E-state index in [1.54, 1.807) is 0 Å². The largest absolute Gasteiger partial charge is 0.394 e. The van der Waals surface area contributed by atoms with Gasteiger partial charge in [-0.3, -0.25) is 0 Å². The van der Waals surface area contributed by atoms with Crippen LogP contribution in [0.4, 0.5) is 0 Å². The summed E-state index contributed by atoms with van der Waals surface area (Å²) < 4.78 is 79.5. The fraction of sp³-hybridized carbons (Fsp3) is 1.00. The Morgan fingerprint density at radius 2 is 0.260 bits per heavy atom. The number of aliphatic hydroxyl groups excluding tert-OH is 21. The molecule has 21 N–H and O–H groups in total. The van der Waals surface area contributed by atoms with Gasteiger partial charge in [0, 0.05) is 0 Å². The number of hydrogen-bond donors (Lipinski definition) is 21. The van der Waals surface area contributed by atoms with Gasteiger partial charge < -0.3 is 174 Å². The van der Waals surface area contributed by atoms with Crippen molar-refractivity contribution in [3.63, 3.8) is 0 Å². The average molecular weight is 1130 g/mol. The summed E-state index contributed by atoms with van der Waals surface area (Å²) in [7, 11) is 0. The molecule has 21 rings (SSSR count). The molecule has 0 amide bonds. The Morgan fingerprint density at radius 1 is 0.156 bits per heavy atom. The quantitative estimate of drug-likeness (QED) is 0.113. The summed E-state index contributed by atoms with van der Waals surface area (Å²) in [6.45, 7) is -7.33. The van der Waals surface area contributed by atoms with Crippen LogP contribution in [0.15, 0.2) is 0 Å². The Labute approximate surface area is 434 Å². The topological polar surface area (TPSA) is 554 Å². The minimum atomic E-state index is -2.21. The summed E-state index contributed by atoms with van der Waals surface area (Å²) in [5.74, 6) is 0. The van der Waals surface area contributed by atoms with Crippen molar-refractivity contribution in [3.05, 3.63) is 0 Å². The van der Waals surface area contributed by atoms with Gasteiger partial charge in [0.05, 0.1) is 46.2 Å². The zero-order valence-corrected chi connectivity index (χ0v) is 40.3. The molecule has 0 aliphatic carbocycles. The van der Waals surface area contributed by atoms with Gasteiger partial charge in [0.1, 0.15) is 171 Å². The molecule has 0 aromatic carbocycles. The minimum absolute atomic E-state index is 1.05. The molecule has 0 aromatic heterocycles. The maximum Gasteiger partial charge on any atom is 0.187 e. The molecule has 21 heterocycles. The first kappa shape index (κ1) is 61.7. The van der Waals surface area contributed by atoms with Crippen LogP contribution in [0.25, 0.3) is 0 Å². The third-order valence-electron chi connectivity index (χ3n) is 14.8. The zero-order chi connectivity index (χ0) is 56.1. The van der Waals surface area contributed by atoms with E-state index >= 15 is 0 Å². The summed E-state index contributed by atoms with van der Waals surface area (Å²) in [4.78, 5) is 0. The van der Waals surface area contributed by atoms with Gasteiger partial charge in [0.15, 0.2) is 44.0 Å². The van der Waals surface area contributed by atoms with Gasteiger partial charge in [0.2, 0.25) is 0 Å². The number of rotatable bonds is 7. The van der Waals surface area contributed by atoms with E-state index in [1.807, 2.05) is 0 Å². The fourth-order valence-corrected chi connectivity index (χ4v) is 10.4. The van der Waals surface area contributed by atoms with Crippen LogP contribution in [0.1, 0.15) is 0 Å². The third-order valence-corrected chi connectivity index (χ3v) is 14.8. The monoisotopic (exact) mass is 1130 g/mol. The molecule has 0 unspecified atom stereocenters. The van der Waals surface area contributed by atoms with Crippen LogP contribution in [0.3, 0.4) is 0 Å². The lowest BCUT2D eigenvalue weighted by atomic mass is 9.95. The predicted molar refractivity (Wildman–Crippen MR) is 228 cm³/mol. The molecule has 21 aliphatic heterocycles. The number of ether oxygens (including phenoxy) is 14. The first-order chi connectivity index (χ1) is 36.7. The maximum atomic E-state index is 11.3. The van der Waals surface area contributed by atoms with Crippen molar-refractivity contribution in [1.82, 2.24) is 0 Å². The van der Waals surface area contributed by atoms with E-state index < -0.39 is 261 Å². The lowest BCUT2D eigenvalue weighted by Crippen LogP contribution is -2.68. The van der Waals surface area contributed by atoms with Crippen LogP contribution in [-0.2, 0) is 66.3 Å². The van der Waals surface area contributed by atoms with Crippen molar-refractivity contribution in [2.24, 2.45) is 0 Å². The van der Waals surface area contributed by atoms with E-state index in [9.17, 15) is 107 Å². The van der Waals surface area contributed by atoms with Crippen LogP contribution in [-0.4, -0.2) is 368 Å². The van der Waals surface area contributed by atoms with Crippen LogP contribution < -0.4 is 0 Å². The second-order valence-electron chi connectivity index (χ2n) is 19.7. The van der Waals surface area contributed by atoms with Gasteiger partial charge >= 0.3 is 0 Å². The zero-order valence-electron chi connectivity index (χ0n) is 40.3. The first-order valence-corrected chi connectivity index (χ1v) is 24.6. The van der Waals surface area contributed by atoms with Crippen molar-refractivity contribution in [3.8, 4) is 0 Å². The second-order valence-corrected chi connectivity index (χ2v) is 19.7. The van der Waals surface area contributed by atoms with Gasteiger partial charge in [0.25, 0.3) is 0 Å². The molecule has 448 valence electrons. The molecule has 0 aromatic rings. The minimum Gasteiger partial charge on any atom is -0.394 e. The van der Waals surface area contributed by atoms with Crippen LogP contribution in [0.5, 0.6) is 0 Å². The van der Waals surface area contributed by atoms with Gasteiger partial charge in [-0.05, 0) is 0 Å². The lowest BCUT2D eigenvalue weighted by molar-refractivity contribution is -0.396. The van der Waals surface area contributed by atoms with Crippen molar-refractivity contribution >= 4 is 0 Å². The Bertz CT molecular complexity index is 1470. The number of aliphatic hydroxyl groups is 21. The molecule has 14 bridgehead atoms. The maximum absolute atomic E-state index is 11.3. The van der Waals surface area contributed by atoms with E-state index in [1.165, 1.54) is 0 Å². The van der Waals surface area contributed by atoms with Gasteiger partial charge in [-0.2, -0.15) is 0 Å². The Hall–Kier alpha value is -1.40. The Morgan fingerprint density at radius 3 is 0.351 bits per heavy atom. The van der Waals surface area contributed by atoms with Crippen LogP contribution in [0.2, 0.25) is 0 Å². The second kappa shape index (κ2) is 26.0. The van der Waals surface area contributed by atoms with E-state index in [4.69, 9.17) is 66.3 Å². The highest BCUT2D eigenvalue weighted by atomic mass is 16.8. The van der Waals surface area contributed by atoms with E-state index in [0.29, 0.717) is 0 Å². The van der Waals surface area contributed by atoms with Crippen LogP contribution >= 0.6 is 0 Å². The van der Waals surface area contributed by atoms with Gasteiger partial charge in [-0.1, -0.05) is 0 Å². The highest BCUT2D eigenvalue weighted by Crippen LogP contribution is 2.39. The molecule has 35 nitrogen and oxygen atoms in total. The number of hydrogen-bond acceptors (Lipinski definition) is 35. The molecule has 77 heavy (non-hydrogen) atoms. The van der Waals surface area contributed by atoms with Crippen molar-refractivity contribution in [2.45, 2.75) is 215 Å². The molecule has 35 heteroatoms. The van der Waals surface area contributed by atoms with Crippen molar-refractivity contribution < 1.29 is 174 Å². The van der Waals surface area contributed by atoms with Crippen molar-refractivity contribution in [2.75, 3.05) is 46.2 Å². The van der Waals surface area contributed by atoms with Crippen molar-refractivity contribution in [1.29, 1.82) is 0 Å². The predicted octanol–water partition coefficient (Wildman–Crippen LogP) is -15.2. The molecule has 0 spiro atoms. The summed E-state index contributed by atoms with van der Waals surface area (Å²) in [6.07, 6.45) is -70.2. The molecular formula is C42H70O35. The normalized spacial score (nSPS) is 55.4. The smallest absolute Gasteiger partial charge is 0.187 e. The summed E-state index contributed by atoms with van der Waals surface area (Å²) in [6, 6.07) is 0. The summed E-state index contributed by atoms with van der Waals surface area (Å²) in [5, 5.41) is 230. The molecule has 21 aliphatic rings. The third kappa shape index (κ3) is 12.1.